The molecule has 2 N–H and O–H groups in total. The third-order valence-electron chi connectivity index (χ3n) is 3.65. The summed E-state index contributed by atoms with van der Waals surface area (Å²) in [6.07, 6.45) is 2.06. The quantitative estimate of drug-likeness (QED) is 0.726. The number of hydrogen-bond acceptors (Lipinski definition) is 3. The fraction of sp³-hybridized carbons (Fsp3) is 0.786. The van der Waals surface area contributed by atoms with E-state index in [9.17, 15) is 14.4 Å². The summed E-state index contributed by atoms with van der Waals surface area (Å²) in [5, 5.41) is 11.8. The minimum absolute atomic E-state index is 0.00990. The number of likely N-dealkylation sites (tertiary alicyclic amines) is 1. The minimum atomic E-state index is -0.841. The lowest BCUT2D eigenvalue weighted by atomic mass is 9.99. The number of hydrogen-bond donors (Lipinski definition) is 2. The van der Waals surface area contributed by atoms with Crippen molar-refractivity contribution in [2.75, 3.05) is 19.6 Å². The molecule has 0 aromatic rings. The van der Waals surface area contributed by atoms with Gasteiger partial charge >= 0.3 is 5.97 Å². The van der Waals surface area contributed by atoms with Crippen LogP contribution in [-0.2, 0) is 14.4 Å². The maximum atomic E-state index is 12.0. The summed E-state index contributed by atoms with van der Waals surface area (Å²) in [5.74, 6) is -1.40. The molecule has 6 nitrogen and oxygen atoms in total. The van der Waals surface area contributed by atoms with Crippen LogP contribution in [0.25, 0.3) is 0 Å². The molecule has 114 valence electrons. The van der Waals surface area contributed by atoms with Gasteiger partial charge in [0, 0.05) is 32.5 Å². The van der Waals surface area contributed by atoms with E-state index in [0.29, 0.717) is 32.4 Å². The highest BCUT2D eigenvalue weighted by molar-refractivity contribution is 5.80. The van der Waals surface area contributed by atoms with Gasteiger partial charge in [0.15, 0.2) is 0 Å². The zero-order valence-electron chi connectivity index (χ0n) is 12.2. The Morgan fingerprint density at radius 3 is 2.50 bits per heavy atom. The maximum Gasteiger partial charge on any atom is 0.308 e. The standard InChI is InChI=1S/C14H24N2O4/c1-3-7-15-12(17)5-4-6-13(18)16-8-10(2)11(9-16)14(19)20/h10-11H,3-9H2,1-2H3,(H,15,17)(H,19,20)/t10-,11-/m1/s1. The molecule has 2 amide bonds. The average Bonchev–Trinajstić information content (AvgIpc) is 2.78. The summed E-state index contributed by atoms with van der Waals surface area (Å²) >= 11 is 0. The van der Waals surface area contributed by atoms with Gasteiger partial charge in [0.2, 0.25) is 11.8 Å². The zero-order valence-corrected chi connectivity index (χ0v) is 12.2. The number of nitrogens with zero attached hydrogens (tertiary/aromatic N) is 1. The van der Waals surface area contributed by atoms with Crippen LogP contribution in [0, 0.1) is 11.8 Å². The van der Waals surface area contributed by atoms with Crippen LogP contribution in [-0.4, -0.2) is 47.4 Å². The number of amides is 2. The third kappa shape index (κ3) is 4.83. The molecule has 1 aliphatic rings. The van der Waals surface area contributed by atoms with Crippen LogP contribution >= 0.6 is 0 Å². The van der Waals surface area contributed by atoms with Crippen molar-refractivity contribution in [3.63, 3.8) is 0 Å². The van der Waals surface area contributed by atoms with E-state index in [1.807, 2.05) is 13.8 Å². The fourth-order valence-electron chi connectivity index (χ4n) is 2.40. The average molecular weight is 284 g/mol. The largest absolute Gasteiger partial charge is 0.481 e. The Bertz CT molecular complexity index is 370. The van der Waals surface area contributed by atoms with Gasteiger partial charge in [0.05, 0.1) is 5.92 Å². The number of carbonyl (C=O) groups is 3. The van der Waals surface area contributed by atoms with Crippen molar-refractivity contribution in [1.29, 1.82) is 0 Å². The van der Waals surface area contributed by atoms with Gasteiger partial charge in [-0.3, -0.25) is 14.4 Å². The molecule has 0 radical (unpaired) electrons. The molecule has 0 aromatic heterocycles. The van der Waals surface area contributed by atoms with E-state index >= 15 is 0 Å². The van der Waals surface area contributed by atoms with Crippen LogP contribution in [0.5, 0.6) is 0 Å². The molecule has 20 heavy (non-hydrogen) atoms. The molecule has 1 heterocycles. The van der Waals surface area contributed by atoms with Crippen molar-refractivity contribution < 1.29 is 19.5 Å². The van der Waals surface area contributed by atoms with Crippen molar-refractivity contribution in [3.05, 3.63) is 0 Å². The molecule has 1 saturated heterocycles. The second-order valence-electron chi connectivity index (χ2n) is 5.42. The molecule has 1 aliphatic heterocycles. The van der Waals surface area contributed by atoms with Crippen LogP contribution in [0.3, 0.4) is 0 Å². The van der Waals surface area contributed by atoms with E-state index in [1.165, 1.54) is 0 Å². The SMILES string of the molecule is CCCNC(=O)CCCC(=O)N1C[C@@H](C)[C@H](C(=O)O)C1. The number of carbonyl (C=O) groups excluding carboxylic acids is 2. The van der Waals surface area contributed by atoms with E-state index in [-0.39, 0.29) is 24.3 Å². The molecule has 0 aromatic carbocycles. The van der Waals surface area contributed by atoms with E-state index in [2.05, 4.69) is 5.32 Å². The van der Waals surface area contributed by atoms with E-state index in [1.54, 1.807) is 4.90 Å². The van der Waals surface area contributed by atoms with E-state index in [4.69, 9.17) is 5.11 Å². The van der Waals surface area contributed by atoms with Crippen LogP contribution in [0.15, 0.2) is 0 Å². The van der Waals surface area contributed by atoms with Gasteiger partial charge in [0.1, 0.15) is 0 Å². The molecule has 6 heteroatoms. The smallest absolute Gasteiger partial charge is 0.308 e. The Kier molecular flexibility index (Phi) is 6.48. The van der Waals surface area contributed by atoms with Gasteiger partial charge in [-0.2, -0.15) is 0 Å². The van der Waals surface area contributed by atoms with Crippen LogP contribution in [0.2, 0.25) is 0 Å². The lowest BCUT2D eigenvalue weighted by molar-refractivity contribution is -0.142. The highest BCUT2D eigenvalue weighted by Crippen LogP contribution is 2.23. The normalized spacial score (nSPS) is 21.8. The van der Waals surface area contributed by atoms with Gasteiger partial charge in [-0.05, 0) is 18.8 Å². The number of carboxylic acid groups (broad SMARTS) is 1. The monoisotopic (exact) mass is 284 g/mol. The van der Waals surface area contributed by atoms with Crippen LogP contribution < -0.4 is 5.32 Å². The molecule has 0 saturated carbocycles. The predicted octanol–water partition coefficient (Wildman–Crippen LogP) is 0.862. The first-order valence-electron chi connectivity index (χ1n) is 7.23. The Morgan fingerprint density at radius 1 is 1.25 bits per heavy atom. The molecular weight excluding hydrogens is 260 g/mol. The van der Waals surface area contributed by atoms with Gasteiger partial charge in [0.25, 0.3) is 0 Å². The Balaban J connectivity index is 2.27. The van der Waals surface area contributed by atoms with Gasteiger partial charge < -0.3 is 15.3 Å². The topological polar surface area (TPSA) is 86.7 Å². The van der Waals surface area contributed by atoms with Crippen molar-refractivity contribution in [1.82, 2.24) is 10.2 Å². The summed E-state index contributed by atoms with van der Waals surface area (Å²) in [4.78, 5) is 35.9. The van der Waals surface area contributed by atoms with Crippen molar-refractivity contribution >= 4 is 17.8 Å². The van der Waals surface area contributed by atoms with Crippen molar-refractivity contribution in [2.45, 2.75) is 39.5 Å². The van der Waals surface area contributed by atoms with E-state index < -0.39 is 11.9 Å². The van der Waals surface area contributed by atoms with E-state index in [0.717, 1.165) is 6.42 Å². The number of carboxylic acids is 1. The first kappa shape index (κ1) is 16.5. The summed E-state index contributed by atoms with van der Waals surface area (Å²) in [6, 6.07) is 0. The Hall–Kier alpha value is -1.59. The third-order valence-corrected chi connectivity index (χ3v) is 3.65. The molecular formula is C14H24N2O4. The zero-order chi connectivity index (χ0) is 15.1. The number of rotatable bonds is 7. The fourth-order valence-corrected chi connectivity index (χ4v) is 2.40. The molecule has 0 spiro atoms. The predicted molar refractivity (Wildman–Crippen MR) is 74.0 cm³/mol. The van der Waals surface area contributed by atoms with Gasteiger partial charge in [-0.15, -0.1) is 0 Å². The number of aliphatic carboxylic acids is 1. The van der Waals surface area contributed by atoms with Gasteiger partial charge in [-0.1, -0.05) is 13.8 Å². The highest BCUT2D eigenvalue weighted by atomic mass is 16.4. The number of nitrogens with one attached hydrogen (secondary N) is 1. The summed E-state index contributed by atoms with van der Waals surface area (Å²) in [6.45, 7) is 5.29. The first-order chi connectivity index (χ1) is 9.45. The summed E-state index contributed by atoms with van der Waals surface area (Å²) in [5.41, 5.74) is 0. The van der Waals surface area contributed by atoms with Crippen molar-refractivity contribution in [2.24, 2.45) is 11.8 Å². The van der Waals surface area contributed by atoms with Gasteiger partial charge in [-0.25, -0.2) is 0 Å². The molecule has 0 unspecified atom stereocenters. The molecule has 2 atom stereocenters. The molecule has 1 rings (SSSR count). The lowest BCUT2D eigenvalue weighted by Gasteiger charge is -2.15. The maximum absolute atomic E-state index is 12.0. The minimum Gasteiger partial charge on any atom is -0.481 e. The molecule has 0 bridgehead atoms. The Labute approximate surface area is 119 Å². The first-order valence-corrected chi connectivity index (χ1v) is 7.23. The Morgan fingerprint density at radius 2 is 1.95 bits per heavy atom. The van der Waals surface area contributed by atoms with Crippen molar-refractivity contribution in [3.8, 4) is 0 Å². The molecule has 0 aliphatic carbocycles. The lowest BCUT2D eigenvalue weighted by Crippen LogP contribution is -2.30. The second-order valence-corrected chi connectivity index (χ2v) is 5.42. The summed E-state index contributed by atoms with van der Waals surface area (Å²) < 4.78 is 0. The molecule has 1 fully saturated rings. The highest BCUT2D eigenvalue weighted by Gasteiger charge is 2.36. The van der Waals surface area contributed by atoms with Crippen LogP contribution in [0.1, 0.15) is 39.5 Å². The summed E-state index contributed by atoms with van der Waals surface area (Å²) in [7, 11) is 0. The van der Waals surface area contributed by atoms with Crippen LogP contribution in [0.4, 0.5) is 0 Å². The second kappa shape index (κ2) is 7.87.